The highest BCUT2D eigenvalue weighted by molar-refractivity contribution is 6.32. The summed E-state index contributed by atoms with van der Waals surface area (Å²) in [5.41, 5.74) is -0.0151. The van der Waals surface area contributed by atoms with Crippen molar-refractivity contribution < 1.29 is 50.2 Å². The Labute approximate surface area is 244 Å². The summed E-state index contributed by atoms with van der Waals surface area (Å²) in [6.07, 6.45) is -9.47. The van der Waals surface area contributed by atoms with E-state index in [-0.39, 0.29) is 47.2 Å². The fraction of sp³-hybridized carbons (Fsp3) is 0.250. The van der Waals surface area contributed by atoms with Gasteiger partial charge in [0.2, 0.25) is 5.91 Å². The molecule has 2 aliphatic rings. The van der Waals surface area contributed by atoms with E-state index in [2.05, 4.69) is 10.1 Å². The second-order valence-electron chi connectivity index (χ2n) is 9.61. The predicted molar refractivity (Wildman–Crippen MR) is 141 cm³/mol. The minimum Gasteiger partial charge on any atom is -0.482 e. The number of piperazine rings is 1. The van der Waals surface area contributed by atoms with E-state index in [1.54, 1.807) is 0 Å². The lowest BCUT2D eigenvalue weighted by Gasteiger charge is -2.39. The number of fused-ring (bicyclic) bond motifs is 2. The highest BCUT2D eigenvalue weighted by Gasteiger charge is 2.41. The van der Waals surface area contributed by atoms with Crippen LogP contribution in [0.2, 0.25) is 5.02 Å². The molecule has 2 heterocycles. The minimum absolute atomic E-state index is 0.0277. The van der Waals surface area contributed by atoms with Gasteiger partial charge < -0.3 is 24.6 Å². The van der Waals surface area contributed by atoms with Gasteiger partial charge in [0.15, 0.2) is 6.61 Å². The molecule has 5 rings (SSSR count). The molecule has 1 N–H and O–H groups in total. The zero-order valence-electron chi connectivity index (χ0n) is 21.8. The maximum absolute atomic E-state index is 13.5. The molecule has 0 unspecified atom stereocenters. The number of anilines is 1. The van der Waals surface area contributed by atoms with Gasteiger partial charge in [0.05, 0.1) is 28.4 Å². The highest BCUT2D eigenvalue weighted by Crippen LogP contribution is 2.35. The number of ether oxygens (including phenoxy) is 2. The lowest BCUT2D eigenvalue weighted by molar-refractivity contribution is -0.274. The summed E-state index contributed by atoms with van der Waals surface area (Å²) in [6, 6.07) is 10.9. The maximum Gasteiger partial charge on any atom is 0.573 e. The van der Waals surface area contributed by atoms with E-state index in [0.717, 1.165) is 30.3 Å². The Morgan fingerprint density at radius 2 is 1.70 bits per heavy atom. The largest absolute Gasteiger partial charge is 0.573 e. The molecule has 0 aliphatic carbocycles. The number of nitrogens with one attached hydrogen (secondary N) is 1. The third-order valence-corrected chi connectivity index (χ3v) is 7.11. The van der Waals surface area contributed by atoms with Crippen LogP contribution in [0.1, 0.15) is 15.9 Å². The molecule has 0 aromatic heterocycles. The van der Waals surface area contributed by atoms with Gasteiger partial charge in [0.25, 0.3) is 11.8 Å². The first kappa shape index (κ1) is 30.0. The van der Waals surface area contributed by atoms with Crippen molar-refractivity contribution in [1.29, 1.82) is 0 Å². The highest BCUT2D eigenvalue weighted by atomic mass is 35.5. The van der Waals surface area contributed by atoms with Gasteiger partial charge in [-0.2, -0.15) is 13.2 Å². The van der Waals surface area contributed by atoms with E-state index in [1.165, 1.54) is 40.1 Å². The van der Waals surface area contributed by atoms with Crippen LogP contribution in [0, 0.1) is 0 Å². The number of benzene rings is 3. The Morgan fingerprint density at radius 3 is 2.40 bits per heavy atom. The van der Waals surface area contributed by atoms with Crippen LogP contribution in [-0.2, 0) is 15.8 Å². The van der Waals surface area contributed by atoms with Gasteiger partial charge in [-0.3, -0.25) is 14.4 Å². The van der Waals surface area contributed by atoms with Crippen molar-refractivity contribution in [3.8, 4) is 22.6 Å². The number of alkyl halides is 6. The zero-order chi connectivity index (χ0) is 31.1. The molecule has 3 aromatic carbocycles. The van der Waals surface area contributed by atoms with Gasteiger partial charge in [-0.1, -0.05) is 29.8 Å². The number of nitrogens with zero attached hydrogens (tertiary/aromatic N) is 2. The summed E-state index contributed by atoms with van der Waals surface area (Å²) in [5, 5.41) is 2.43. The van der Waals surface area contributed by atoms with Gasteiger partial charge in [0.1, 0.15) is 17.5 Å². The molecule has 3 aromatic rings. The summed E-state index contributed by atoms with van der Waals surface area (Å²) in [6.45, 7) is -0.727. The molecule has 0 spiro atoms. The van der Waals surface area contributed by atoms with Gasteiger partial charge in [0, 0.05) is 19.2 Å². The van der Waals surface area contributed by atoms with Gasteiger partial charge in [-0.05, 0) is 47.5 Å². The lowest BCUT2D eigenvalue weighted by Crippen LogP contribution is -2.60. The van der Waals surface area contributed by atoms with Crippen molar-refractivity contribution in [2.24, 2.45) is 0 Å². The minimum atomic E-state index is -4.91. The molecule has 0 saturated carbocycles. The van der Waals surface area contributed by atoms with E-state index in [4.69, 9.17) is 16.3 Å². The zero-order valence-corrected chi connectivity index (χ0v) is 22.5. The molecule has 0 bridgehead atoms. The SMILES string of the molecule is O=C1Nc2ccc(-c3cccc(C(F)(F)F)c3)cc2C(=O)N2CCN(C(=O)COc3ccc(OC(F)(F)F)cc3Cl)C[C@@H]12. The van der Waals surface area contributed by atoms with Crippen molar-refractivity contribution in [1.82, 2.24) is 9.80 Å². The number of carbonyl (C=O) groups excluding carboxylic acids is 3. The normalized spacial score (nSPS) is 17.0. The molecule has 15 heteroatoms. The van der Waals surface area contributed by atoms with Crippen molar-refractivity contribution >= 4 is 35.0 Å². The topological polar surface area (TPSA) is 88.2 Å². The van der Waals surface area contributed by atoms with Crippen molar-refractivity contribution in [2.45, 2.75) is 18.6 Å². The first-order chi connectivity index (χ1) is 20.2. The fourth-order valence-electron chi connectivity index (χ4n) is 4.76. The molecule has 0 radical (unpaired) electrons. The number of carbonyl (C=O) groups is 3. The molecule has 1 saturated heterocycles. The van der Waals surface area contributed by atoms with Crippen LogP contribution in [0.25, 0.3) is 11.1 Å². The third-order valence-electron chi connectivity index (χ3n) is 6.82. The Hall–Kier alpha value is -4.46. The van der Waals surface area contributed by atoms with Crippen LogP contribution < -0.4 is 14.8 Å². The monoisotopic (exact) mass is 627 g/mol. The maximum atomic E-state index is 13.5. The first-order valence-corrected chi connectivity index (χ1v) is 13.0. The Bertz CT molecular complexity index is 1600. The van der Waals surface area contributed by atoms with Crippen LogP contribution in [0.3, 0.4) is 0 Å². The van der Waals surface area contributed by atoms with Crippen molar-refractivity contribution in [3.63, 3.8) is 0 Å². The first-order valence-electron chi connectivity index (χ1n) is 12.6. The van der Waals surface area contributed by atoms with E-state index >= 15 is 0 Å². The average molecular weight is 628 g/mol. The van der Waals surface area contributed by atoms with Gasteiger partial charge >= 0.3 is 12.5 Å². The Kier molecular flexibility index (Phi) is 7.90. The van der Waals surface area contributed by atoms with Crippen LogP contribution in [0.4, 0.5) is 32.0 Å². The molecule has 43 heavy (non-hydrogen) atoms. The predicted octanol–water partition coefficient (Wildman–Crippen LogP) is 5.61. The number of hydrogen-bond acceptors (Lipinski definition) is 5. The van der Waals surface area contributed by atoms with Gasteiger partial charge in [-0.25, -0.2) is 0 Å². The summed E-state index contributed by atoms with van der Waals surface area (Å²) >= 11 is 5.95. The number of rotatable bonds is 5. The summed E-state index contributed by atoms with van der Waals surface area (Å²) in [5.74, 6) is -2.32. The molecular weight excluding hydrogens is 608 g/mol. The molecule has 226 valence electrons. The second kappa shape index (κ2) is 11.3. The smallest absolute Gasteiger partial charge is 0.482 e. The molecular formula is C28H20ClF6N3O5. The number of amides is 3. The van der Waals surface area contributed by atoms with Crippen LogP contribution in [0.5, 0.6) is 11.5 Å². The van der Waals surface area contributed by atoms with Crippen molar-refractivity contribution in [2.75, 3.05) is 31.6 Å². The summed E-state index contributed by atoms with van der Waals surface area (Å²) in [7, 11) is 0. The Morgan fingerprint density at radius 1 is 0.953 bits per heavy atom. The van der Waals surface area contributed by atoms with Crippen LogP contribution in [-0.4, -0.2) is 66.2 Å². The lowest BCUT2D eigenvalue weighted by atomic mass is 9.99. The molecule has 2 aliphatic heterocycles. The summed E-state index contributed by atoms with van der Waals surface area (Å²) < 4.78 is 86.0. The molecule has 1 fully saturated rings. The van der Waals surface area contributed by atoms with E-state index < -0.39 is 54.2 Å². The Balaban J connectivity index is 1.27. The fourth-order valence-corrected chi connectivity index (χ4v) is 4.98. The van der Waals surface area contributed by atoms with E-state index in [0.29, 0.717) is 5.56 Å². The third kappa shape index (κ3) is 6.63. The van der Waals surface area contributed by atoms with Gasteiger partial charge in [-0.15, -0.1) is 13.2 Å². The van der Waals surface area contributed by atoms with Crippen LogP contribution in [0.15, 0.2) is 60.7 Å². The quantitative estimate of drug-likeness (QED) is 0.372. The number of halogens is 7. The van der Waals surface area contributed by atoms with Crippen molar-refractivity contribution in [3.05, 3.63) is 76.8 Å². The van der Waals surface area contributed by atoms with E-state index in [1.807, 2.05) is 0 Å². The average Bonchev–Trinajstić information content (AvgIpc) is 3.04. The molecule has 1 atom stereocenters. The number of hydrogen-bond donors (Lipinski definition) is 1. The summed E-state index contributed by atoms with van der Waals surface area (Å²) in [4.78, 5) is 42.0. The second-order valence-corrected chi connectivity index (χ2v) is 10.0. The van der Waals surface area contributed by atoms with E-state index in [9.17, 15) is 40.7 Å². The van der Waals surface area contributed by atoms with Crippen LogP contribution >= 0.6 is 11.6 Å². The standard InChI is InChI=1S/C28H20ClF6N3O5/c29-20-12-18(43-28(33,34)35)5-7-23(20)42-14-24(39)37-8-9-38-22(13-37)25(40)36-21-6-4-16(11-19(21)26(38)41)15-2-1-3-17(10-15)27(30,31)32/h1-7,10-12,22H,8-9,13-14H2,(H,36,40)/t22-/m0/s1. The molecule has 8 nitrogen and oxygen atoms in total. The molecule has 3 amide bonds.